The van der Waals surface area contributed by atoms with Gasteiger partial charge in [-0.05, 0) is 31.0 Å². The molecular weight excluding hydrogens is 178 g/mol. The SMILES string of the molecule is CCC(C)(C(=O)O)c1cccc(N)c1. The van der Waals surface area contributed by atoms with Crippen LogP contribution >= 0.6 is 0 Å². The van der Waals surface area contributed by atoms with Gasteiger partial charge in [-0.2, -0.15) is 0 Å². The number of carbonyl (C=O) groups is 1. The Morgan fingerprint density at radius 3 is 2.64 bits per heavy atom. The molecule has 0 aliphatic carbocycles. The van der Waals surface area contributed by atoms with Crippen molar-refractivity contribution in [2.24, 2.45) is 0 Å². The molecule has 1 rings (SSSR count). The lowest BCUT2D eigenvalue weighted by atomic mass is 9.80. The number of hydrogen-bond donors (Lipinski definition) is 2. The van der Waals surface area contributed by atoms with Gasteiger partial charge < -0.3 is 10.8 Å². The van der Waals surface area contributed by atoms with Gasteiger partial charge in [-0.15, -0.1) is 0 Å². The van der Waals surface area contributed by atoms with Crippen molar-refractivity contribution in [2.45, 2.75) is 25.7 Å². The lowest BCUT2D eigenvalue weighted by Gasteiger charge is -2.23. The quantitative estimate of drug-likeness (QED) is 0.722. The summed E-state index contributed by atoms with van der Waals surface area (Å²) in [7, 11) is 0. The summed E-state index contributed by atoms with van der Waals surface area (Å²) in [5, 5.41) is 9.14. The molecular formula is C11H15NO2. The highest BCUT2D eigenvalue weighted by atomic mass is 16.4. The normalized spacial score (nSPS) is 14.7. The van der Waals surface area contributed by atoms with Crippen LogP contribution in [0.3, 0.4) is 0 Å². The fourth-order valence-electron chi connectivity index (χ4n) is 1.36. The van der Waals surface area contributed by atoms with Gasteiger partial charge in [0.1, 0.15) is 0 Å². The summed E-state index contributed by atoms with van der Waals surface area (Å²) in [6, 6.07) is 7.05. The number of carboxylic acids is 1. The molecule has 0 heterocycles. The first kappa shape index (κ1) is 10.6. The first-order valence-electron chi connectivity index (χ1n) is 4.60. The fraction of sp³-hybridized carbons (Fsp3) is 0.364. The van der Waals surface area contributed by atoms with Crippen LogP contribution in [0.5, 0.6) is 0 Å². The zero-order valence-electron chi connectivity index (χ0n) is 8.45. The summed E-state index contributed by atoms with van der Waals surface area (Å²) in [6.07, 6.45) is 0.547. The van der Waals surface area contributed by atoms with Gasteiger partial charge in [0, 0.05) is 5.69 Å². The molecule has 0 fully saturated rings. The average molecular weight is 193 g/mol. The Balaban J connectivity index is 3.19. The summed E-state index contributed by atoms with van der Waals surface area (Å²) in [6.45, 7) is 3.57. The molecule has 1 atom stereocenters. The van der Waals surface area contributed by atoms with Crippen LogP contribution in [-0.4, -0.2) is 11.1 Å². The smallest absolute Gasteiger partial charge is 0.313 e. The van der Waals surface area contributed by atoms with Gasteiger partial charge in [-0.3, -0.25) is 4.79 Å². The fourth-order valence-corrected chi connectivity index (χ4v) is 1.36. The Bertz CT molecular complexity index is 349. The third-order valence-corrected chi connectivity index (χ3v) is 2.70. The van der Waals surface area contributed by atoms with E-state index in [1.165, 1.54) is 0 Å². The number of anilines is 1. The second kappa shape index (κ2) is 3.70. The van der Waals surface area contributed by atoms with Crippen molar-refractivity contribution in [3.05, 3.63) is 29.8 Å². The van der Waals surface area contributed by atoms with Crippen molar-refractivity contribution in [1.82, 2.24) is 0 Å². The number of aliphatic carboxylic acids is 1. The first-order valence-corrected chi connectivity index (χ1v) is 4.60. The molecule has 3 nitrogen and oxygen atoms in total. The minimum Gasteiger partial charge on any atom is -0.481 e. The maximum absolute atomic E-state index is 11.1. The molecule has 3 heteroatoms. The molecule has 1 aromatic rings. The van der Waals surface area contributed by atoms with Crippen LogP contribution in [0.1, 0.15) is 25.8 Å². The molecule has 0 spiro atoms. The summed E-state index contributed by atoms with van der Waals surface area (Å²) < 4.78 is 0. The van der Waals surface area contributed by atoms with Crippen molar-refractivity contribution >= 4 is 11.7 Å². The van der Waals surface area contributed by atoms with Crippen LogP contribution in [0.15, 0.2) is 24.3 Å². The third kappa shape index (κ3) is 1.71. The Labute approximate surface area is 83.6 Å². The predicted octanol–water partition coefficient (Wildman–Crippen LogP) is 2.02. The minimum absolute atomic E-state index is 0.547. The number of carboxylic acid groups (broad SMARTS) is 1. The number of hydrogen-bond acceptors (Lipinski definition) is 2. The summed E-state index contributed by atoms with van der Waals surface area (Å²) in [5.41, 5.74) is 6.14. The van der Waals surface area contributed by atoms with Gasteiger partial charge in [0.05, 0.1) is 5.41 Å². The molecule has 0 aromatic heterocycles. The molecule has 0 aliphatic heterocycles. The molecule has 1 unspecified atom stereocenters. The Morgan fingerprint density at radius 2 is 2.21 bits per heavy atom. The number of rotatable bonds is 3. The highest BCUT2D eigenvalue weighted by molar-refractivity contribution is 5.81. The van der Waals surface area contributed by atoms with Gasteiger partial charge in [-0.1, -0.05) is 19.1 Å². The predicted molar refractivity (Wildman–Crippen MR) is 56.1 cm³/mol. The van der Waals surface area contributed by atoms with Crippen molar-refractivity contribution in [2.75, 3.05) is 5.73 Å². The van der Waals surface area contributed by atoms with E-state index in [0.717, 1.165) is 5.56 Å². The molecule has 0 bridgehead atoms. The van der Waals surface area contributed by atoms with E-state index >= 15 is 0 Å². The standard InChI is InChI=1S/C11H15NO2/c1-3-11(2,10(13)14)8-5-4-6-9(12)7-8/h4-7H,3,12H2,1-2H3,(H,13,14). The first-order chi connectivity index (χ1) is 6.50. The zero-order valence-corrected chi connectivity index (χ0v) is 8.45. The Hall–Kier alpha value is -1.51. The lowest BCUT2D eigenvalue weighted by molar-refractivity contribution is -0.143. The second-order valence-electron chi connectivity index (χ2n) is 3.62. The lowest BCUT2D eigenvalue weighted by Crippen LogP contribution is -2.31. The Morgan fingerprint density at radius 1 is 1.57 bits per heavy atom. The van der Waals surface area contributed by atoms with Crippen LogP contribution in [0.4, 0.5) is 5.69 Å². The Kier molecular flexibility index (Phi) is 2.79. The van der Waals surface area contributed by atoms with Gasteiger partial charge in [0.15, 0.2) is 0 Å². The maximum atomic E-state index is 11.1. The van der Waals surface area contributed by atoms with Gasteiger partial charge in [0.25, 0.3) is 0 Å². The summed E-state index contributed by atoms with van der Waals surface area (Å²) in [5.74, 6) is -0.814. The molecule has 14 heavy (non-hydrogen) atoms. The van der Waals surface area contributed by atoms with Crippen LogP contribution in [0.25, 0.3) is 0 Å². The molecule has 76 valence electrons. The van der Waals surface area contributed by atoms with Gasteiger partial charge >= 0.3 is 5.97 Å². The monoisotopic (exact) mass is 193 g/mol. The van der Waals surface area contributed by atoms with Crippen molar-refractivity contribution in [1.29, 1.82) is 0 Å². The zero-order chi connectivity index (χ0) is 10.8. The summed E-state index contributed by atoms with van der Waals surface area (Å²) in [4.78, 5) is 11.1. The van der Waals surface area contributed by atoms with E-state index in [1.807, 2.05) is 6.92 Å². The van der Waals surface area contributed by atoms with Crippen LogP contribution in [0, 0.1) is 0 Å². The average Bonchev–Trinajstić information content (AvgIpc) is 2.16. The minimum atomic E-state index is -0.838. The molecule has 3 N–H and O–H groups in total. The highest BCUT2D eigenvalue weighted by Gasteiger charge is 2.32. The van der Waals surface area contributed by atoms with Gasteiger partial charge in [0.2, 0.25) is 0 Å². The maximum Gasteiger partial charge on any atom is 0.313 e. The van der Waals surface area contributed by atoms with E-state index in [4.69, 9.17) is 10.8 Å². The molecule has 0 radical (unpaired) electrons. The van der Waals surface area contributed by atoms with E-state index in [0.29, 0.717) is 12.1 Å². The van der Waals surface area contributed by atoms with Crippen LogP contribution < -0.4 is 5.73 Å². The van der Waals surface area contributed by atoms with Crippen molar-refractivity contribution in [3.63, 3.8) is 0 Å². The largest absolute Gasteiger partial charge is 0.481 e. The third-order valence-electron chi connectivity index (χ3n) is 2.70. The van der Waals surface area contributed by atoms with Crippen LogP contribution in [-0.2, 0) is 10.2 Å². The second-order valence-corrected chi connectivity index (χ2v) is 3.62. The topological polar surface area (TPSA) is 63.3 Å². The van der Waals surface area contributed by atoms with E-state index in [1.54, 1.807) is 31.2 Å². The van der Waals surface area contributed by atoms with E-state index < -0.39 is 11.4 Å². The van der Waals surface area contributed by atoms with Crippen molar-refractivity contribution in [3.8, 4) is 0 Å². The number of nitrogen functional groups attached to an aromatic ring is 1. The molecule has 0 saturated carbocycles. The van der Waals surface area contributed by atoms with Gasteiger partial charge in [-0.25, -0.2) is 0 Å². The number of nitrogens with two attached hydrogens (primary N) is 1. The molecule has 0 amide bonds. The van der Waals surface area contributed by atoms with Crippen LogP contribution in [0.2, 0.25) is 0 Å². The van der Waals surface area contributed by atoms with Crippen molar-refractivity contribution < 1.29 is 9.90 Å². The molecule has 0 saturated heterocycles. The molecule has 0 aliphatic rings. The molecule has 1 aromatic carbocycles. The van der Waals surface area contributed by atoms with E-state index in [2.05, 4.69) is 0 Å². The van der Waals surface area contributed by atoms with E-state index in [-0.39, 0.29) is 0 Å². The van der Waals surface area contributed by atoms with E-state index in [9.17, 15) is 4.79 Å². The summed E-state index contributed by atoms with van der Waals surface area (Å²) >= 11 is 0. The number of benzene rings is 1. The highest BCUT2D eigenvalue weighted by Crippen LogP contribution is 2.28.